The van der Waals surface area contributed by atoms with Gasteiger partial charge in [0.2, 0.25) is 0 Å². The molecule has 2 heteroatoms. The van der Waals surface area contributed by atoms with Crippen LogP contribution in [-0.2, 0) is 5.54 Å². The lowest BCUT2D eigenvalue weighted by molar-refractivity contribution is 0.256. The van der Waals surface area contributed by atoms with Crippen molar-refractivity contribution in [3.63, 3.8) is 0 Å². The second-order valence-electron chi connectivity index (χ2n) is 9.59. The van der Waals surface area contributed by atoms with Crippen LogP contribution in [0.5, 0.6) is 0 Å². The molecular weight excluding hydrogens is 352 g/mol. The topological polar surface area (TPSA) is 15.4 Å². The summed E-state index contributed by atoms with van der Waals surface area (Å²) in [4.78, 5) is 8.36. The van der Waals surface area contributed by atoms with Crippen LogP contribution in [0.2, 0.25) is 0 Å². The predicted octanol–water partition coefficient (Wildman–Crippen LogP) is 6.08. The zero-order chi connectivity index (χ0) is 19.3. The molecular formula is C27H32N2. The minimum atomic E-state index is 0.0351. The normalized spacial score (nSPS) is 33.4. The van der Waals surface area contributed by atoms with E-state index in [1.54, 1.807) is 0 Å². The van der Waals surface area contributed by atoms with Crippen molar-refractivity contribution < 1.29 is 0 Å². The Hall–Kier alpha value is -1.93. The van der Waals surface area contributed by atoms with Gasteiger partial charge in [-0.3, -0.25) is 9.89 Å². The van der Waals surface area contributed by atoms with Crippen molar-refractivity contribution in [3.8, 4) is 0 Å². The molecule has 2 saturated carbocycles. The Kier molecular flexibility index (Phi) is 4.37. The molecule has 0 amide bonds. The molecule has 150 valence electrons. The van der Waals surface area contributed by atoms with Gasteiger partial charge in [0.1, 0.15) is 0 Å². The number of hydrogen-bond acceptors (Lipinski definition) is 2. The van der Waals surface area contributed by atoms with E-state index >= 15 is 0 Å². The zero-order valence-corrected chi connectivity index (χ0v) is 17.4. The van der Waals surface area contributed by atoms with Gasteiger partial charge in [-0.15, -0.1) is 0 Å². The third-order valence-electron chi connectivity index (χ3n) is 7.96. The number of benzene rings is 2. The zero-order valence-electron chi connectivity index (χ0n) is 17.4. The summed E-state index contributed by atoms with van der Waals surface area (Å²) >= 11 is 0. The second-order valence-corrected chi connectivity index (χ2v) is 9.59. The monoisotopic (exact) mass is 384 g/mol. The van der Waals surface area contributed by atoms with Crippen molar-refractivity contribution in [3.05, 3.63) is 71.3 Å². The van der Waals surface area contributed by atoms with Crippen molar-refractivity contribution in [2.75, 3.05) is 0 Å². The maximum Gasteiger partial charge on any atom is 0.0946 e. The fraction of sp³-hybridized carbons (Fsp3) is 0.519. The van der Waals surface area contributed by atoms with Crippen molar-refractivity contribution in [1.29, 1.82) is 0 Å². The van der Waals surface area contributed by atoms with E-state index in [2.05, 4.69) is 59.5 Å². The summed E-state index contributed by atoms with van der Waals surface area (Å²) < 4.78 is 0. The van der Waals surface area contributed by atoms with E-state index < -0.39 is 0 Å². The minimum Gasteiger partial charge on any atom is -0.284 e. The van der Waals surface area contributed by atoms with Crippen LogP contribution >= 0.6 is 0 Å². The van der Waals surface area contributed by atoms with Crippen LogP contribution in [0.1, 0.15) is 80.9 Å². The first-order valence-corrected chi connectivity index (χ1v) is 11.9. The van der Waals surface area contributed by atoms with Gasteiger partial charge >= 0.3 is 0 Å². The number of fused-ring (bicyclic) bond motifs is 3. The number of aliphatic imine (C=N–C) groups is 1. The maximum absolute atomic E-state index is 5.49. The SMILES string of the molecule is c1ccc([C@]23c4ccccc4C(=NC4CCCCC4)[C@H]2N3C2CCCCC2)cc1. The molecule has 1 saturated heterocycles. The average Bonchev–Trinajstić information content (AvgIpc) is 3.42. The van der Waals surface area contributed by atoms with Crippen LogP contribution < -0.4 is 0 Å². The Labute approximate surface area is 175 Å². The lowest BCUT2D eigenvalue weighted by Gasteiger charge is -2.30. The van der Waals surface area contributed by atoms with Gasteiger partial charge in [0.05, 0.1) is 23.3 Å². The molecule has 3 atom stereocenters. The molecule has 2 nitrogen and oxygen atoms in total. The van der Waals surface area contributed by atoms with Crippen molar-refractivity contribution in [1.82, 2.24) is 4.90 Å². The summed E-state index contributed by atoms with van der Waals surface area (Å²) in [5, 5.41) is 0. The van der Waals surface area contributed by atoms with Gasteiger partial charge in [-0.05, 0) is 36.8 Å². The van der Waals surface area contributed by atoms with E-state index in [1.165, 1.54) is 86.6 Å². The van der Waals surface area contributed by atoms with E-state index in [9.17, 15) is 0 Å². The molecule has 3 aliphatic carbocycles. The van der Waals surface area contributed by atoms with Gasteiger partial charge in [0, 0.05) is 11.6 Å². The molecule has 0 N–H and O–H groups in total. The molecule has 1 unspecified atom stereocenters. The first kappa shape index (κ1) is 17.9. The molecule has 2 aromatic carbocycles. The summed E-state index contributed by atoms with van der Waals surface area (Å²) in [6.07, 6.45) is 13.5. The van der Waals surface area contributed by atoms with Gasteiger partial charge in [0.15, 0.2) is 0 Å². The Bertz CT molecular complexity index is 905. The molecule has 3 fully saturated rings. The largest absolute Gasteiger partial charge is 0.284 e. The summed E-state index contributed by atoms with van der Waals surface area (Å²) in [6.45, 7) is 0. The van der Waals surface area contributed by atoms with Crippen LogP contribution in [-0.4, -0.2) is 28.7 Å². The lowest BCUT2D eigenvalue weighted by atomic mass is 9.89. The van der Waals surface area contributed by atoms with Gasteiger partial charge in [0.25, 0.3) is 0 Å². The van der Waals surface area contributed by atoms with E-state index in [0.29, 0.717) is 18.1 Å². The Morgan fingerprint density at radius 3 is 2.14 bits per heavy atom. The lowest BCUT2D eigenvalue weighted by Crippen LogP contribution is -2.31. The molecule has 29 heavy (non-hydrogen) atoms. The maximum atomic E-state index is 5.49. The number of rotatable bonds is 3. The highest BCUT2D eigenvalue weighted by molar-refractivity contribution is 6.14. The van der Waals surface area contributed by atoms with Crippen molar-refractivity contribution in [2.45, 2.75) is 87.9 Å². The molecule has 0 spiro atoms. The molecule has 1 heterocycles. The predicted molar refractivity (Wildman–Crippen MR) is 120 cm³/mol. The molecule has 6 rings (SSSR count). The fourth-order valence-corrected chi connectivity index (χ4v) is 6.67. The first-order valence-electron chi connectivity index (χ1n) is 11.9. The third kappa shape index (κ3) is 2.68. The Morgan fingerprint density at radius 2 is 1.38 bits per heavy atom. The van der Waals surface area contributed by atoms with Gasteiger partial charge in [-0.1, -0.05) is 93.1 Å². The van der Waals surface area contributed by atoms with Crippen LogP contribution in [0.3, 0.4) is 0 Å². The van der Waals surface area contributed by atoms with Crippen LogP contribution in [0.4, 0.5) is 0 Å². The molecule has 0 aromatic heterocycles. The standard InChI is InChI=1S/C27H32N2/c1-4-12-20(13-5-1)27-24-19-11-10-18-23(24)25(28-21-14-6-2-7-15-21)26(27)29(27)22-16-8-3-9-17-22/h1,4-5,10-13,18-19,21-22,26H,2-3,6-9,14-17H2/t26-,27+,29?/m1/s1. The van der Waals surface area contributed by atoms with E-state index in [1.807, 2.05) is 0 Å². The van der Waals surface area contributed by atoms with Gasteiger partial charge < -0.3 is 0 Å². The number of hydrogen-bond donors (Lipinski definition) is 0. The Balaban J connectivity index is 1.49. The first-order chi connectivity index (χ1) is 14.4. The van der Waals surface area contributed by atoms with Crippen molar-refractivity contribution in [2.24, 2.45) is 4.99 Å². The molecule has 2 aromatic rings. The highest BCUT2D eigenvalue weighted by Gasteiger charge is 2.72. The summed E-state index contributed by atoms with van der Waals surface area (Å²) in [5.41, 5.74) is 5.85. The fourth-order valence-electron chi connectivity index (χ4n) is 6.67. The van der Waals surface area contributed by atoms with E-state index in [0.717, 1.165) is 0 Å². The smallest absolute Gasteiger partial charge is 0.0946 e. The molecule has 1 aliphatic heterocycles. The van der Waals surface area contributed by atoms with Crippen LogP contribution in [0, 0.1) is 0 Å². The van der Waals surface area contributed by atoms with Crippen molar-refractivity contribution >= 4 is 5.71 Å². The van der Waals surface area contributed by atoms with Gasteiger partial charge in [-0.2, -0.15) is 0 Å². The highest BCUT2D eigenvalue weighted by atomic mass is 15.4. The minimum absolute atomic E-state index is 0.0351. The van der Waals surface area contributed by atoms with E-state index in [-0.39, 0.29) is 5.54 Å². The quantitative estimate of drug-likeness (QED) is 0.585. The Morgan fingerprint density at radius 1 is 0.724 bits per heavy atom. The average molecular weight is 385 g/mol. The van der Waals surface area contributed by atoms with Crippen LogP contribution in [0.25, 0.3) is 0 Å². The van der Waals surface area contributed by atoms with E-state index in [4.69, 9.17) is 4.99 Å². The third-order valence-corrected chi connectivity index (χ3v) is 7.96. The summed E-state index contributed by atoms with van der Waals surface area (Å²) in [6, 6.07) is 22.2. The molecule has 0 radical (unpaired) electrons. The summed E-state index contributed by atoms with van der Waals surface area (Å²) in [5.74, 6) is 0. The highest BCUT2D eigenvalue weighted by Crippen LogP contribution is 2.63. The number of nitrogens with zero attached hydrogens (tertiary/aromatic N) is 2. The molecule has 4 aliphatic rings. The molecule has 0 bridgehead atoms. The van der Waals surface area contributed by atoms with Crippen LogP contribution in [0.15, 0.2) is 59.6 Å². The summed E-state index contributed by atoms with van der Waals surface area (Å²) in [7, 11) is 0. The van der Waals surface area contributed by atoms with Gasteiger partial charge in [-0.25, -0.2) is 0 Å². The second kappa shape index (κ2) is 7.09.